The number of thiazole rings is 1. The maximum atomic E-state index is 4.96. The predicted molar refractivity (Wildman–Crippen MR) is 93.5 cm³/mol. The van der Waals surface area contributed by atoms with E-state index >= 15 is 0 Å². The highest BCUT2D eigenvalue weighted by Gasteiger charge is 2.24. The number of aromatic nitrogens is 1. The lowest BCUT2D eigenvalue weighted by molar-refractivity contribution is 0.425. The van der Waals surface area contributed by atoms with E-state index in [-0.39, 0.29) is 5.54 Å². The maximum Gasteiger partial charge on any atom is 0.185 e. The van der Waals surface area contributed by atoms with Gasteiger partial charge in [0.15, 0.2) is 5.13 Å². The van der Waals surface area contributed by atoms with E-state index in [1.54, 1.807) is 0 Å². The van der Waals surface area contributed by atoms with Crippen molar-refractivity contribution >= 4 is 16.5 Å². The first-order valence-electron chi connectivity index (χ1n) is 8.25. The van der Waals surface area contributed by atoms with Crippen molar-refractivity contribution < 1.29 is 0 Å². The molecule has 1 heterocycles. The van der Waals surface area contributed by atoms with Crippen LogP contribution >= 0.6 is 11.3 Å². The van der Waals surface area contributed by atoms with Crippen LogP contribution in [-0.2, 0) is 6.54 Å². The number of hydrogen-bond acceptors (Lipinski definition) is 4. The summed E-state index contributed by atoms with van der Waals surface area (Å²) >= 11 is 1.88. The van der Waals surface area contributed by atoms with Gasteiger partial charge in [-0.2, -0.15) is 0 Å². The molecule has 0 bridgehead atoms. The van der Waals surface area contributed by atoms with Gasteiger partial charge in [0, 0.05) is 30.1 Å². The molecule has 1 saturated carbocycles. The van der Waals surface area contributed by atoms with Crippen LogP contribution in [0.1, 0.15) is 76.8 Å². The molecule has 21 heavy (non-hydrogen) atoms. The summed E-state index contributed by atoms with van der Waals surface area (Å²) < 4.78 is 0. The molecular weight excluding hydrogens is 278 g/mol. The zero-order chi connectivity index (χ0) is 15.6. The summed E-state index contributed by atoms with van der Waals surface area (Å²) in [7, 11) is 2.22. The van der Waals surface area contributed by atoms with Gasteiger partial charge in [-0.1, -0.05) is 26.7 Å². The molecule has 0 unspecified atom stereocenters. The summed E-state index contributed by atoms with van der Waals surface area (Å²) in [5.74, 6) is 0.490. The Morgan fingerprint density at radius 1 is 1.29 bits per heavy atom. The van der Waals surface area contributed by atoms with Crippen LogP contribution in [0, 0.1) is 0 Å². The Morgan fingerprint density at radius 3 is 2.43 bits per heavy atom. The summed E-state index contributed by atoms with van der Waals surface area (Å²) in [5, 5.41) is 4.81. The topological polar surface area (TPSA) is 28.2 Å². The van der Waals surface area contributed by atoms with Gasteiger partial charge in [0.1, 0.15) is 0 Å². The molecule has 1 aromatic rings. The minimum absolute atomic E-state index is 0.149. The third-order valence-corrected chi connectivity index (χ3v) is 5.38. The van der Waals surface area contributed by atoms with Gasteiger partial charge in [-0.05, 0) is 39.5 Å². The summed E-state index contributed by atoms with van der Waals surface area (Å²) in [6, 6.07) is 0.694. The average Bonchev–Trinajstić information content (AvgIpc) is 3.04. The zero-order valence-electron chi connectivity index (χ0n) is 14.5. The SMILES string of the molecule is CC(C)c1nc(N(C)C2CCCC2)sc1CNC(C)(C)C. The lowest BCUT2D eigenvalue weighted by Crippen LogP contribution is -2.35. The molecule has 0 aromatic carbocycles. The molecule has 4 heteroatoms. The first kappa shape index (κ1) is 16.8. The van der Waals surface area contributed by atoms with Crippen LogP contribution in [0.15, 0.2) is 0 Å². The van der Waals surface area contributed by atoms with Crippen LogP contribution in [0.3, 0.4) is 0 Å². The molecule has 0 spiro atoms. The molecule has 1 aliphatic rings. The first-order chi connectivity index (χ1) is 9.78. The van der Waals surface area contributed by atoms with Crippen molar-refractivity contribution in [1.82, 2.24) is 10.3 Å². The minimum Gasteiger partial charge on any atom is -0.348 e. The van der Waals surface area contributed by atoms with Crippen molar-refractivity contribution in [2.75, 3.05) is 11.9 Å². The summed E-state index contributed by atoms with van der Waals surface area (Å²) in [5.41, 5.74) is 1.42. The van der Waals surface area contributed by atoms with E-state index in [1.807, 2.05) is 11.3 Å². The van der Waals surface area contributed by atoms with Crippen LogP contribution in [0.2, 0.25) is 0 Å². The minimum atomic E-state index is 0.149. The smallest absolute Gasteiger partial charge is 0.185 e. The second-order valence-electron chi connectivity index (χ2n) is 7.61. The molecule has 0 radical (unpaired) electrons. The van der Waals surface area contributed by atoms with E-state index in [2.05, 4.69) is 51.9 Å². The van der Waals surface area contributed by atoms with Crippen LogP contribution in [0.4, 0.5) is 5.13 Å². The van der Waals surface area contributed by atoms with E-state index in [0.29, 0.717) is 12.0 Å². The molecule has 1 fully saturated rings. The zero-order valence-corrected chi connectivity index (χ0v) is 15.3. The van der Waals surface area contributed by atoms with Gasteiger partial charge in [0.05, 0.1) is 5.69 Å². The number of nitrogens with zero attached hydrogens (tertiary/aromatic N) is 2. The third-order valence-electron chi connectivity index (χ3n) is 4.22. The molecule has 0 amide bonds. The highest BCUT2D eigenvalue weighted by atomic mass is 32.1. The van der Waals surface area contributed by atoms with Crippen molar-refractivity contribution in [3.63, 3.8) is 0 Å². The summed E-state index contributed by atoms with van der Waals surface area (Å²) in [4.78, 5) is 8.78. The maximum absolute atomic E-state index is 4.96. The van der Waals surface area contributed by atoms with Crippen molar-refractivity contribution in [1.29, 1.82) is 0 Å². The van der Waals surface area contributed by atoms with E-state index in [9.17, 15) is 0 Å². The van der Waals surface area contributed by atoms with Crippen molar-refractivity contribution in [2.45, 2.75) is 84.3 Å². The highest BCUT2D eigenvalue weighted by molar-refractivity contribution is 7.15. The molecule has 1 N–H and O–H groups in total. The molecule has 1 aliphatic carbocycles. The molecule has 1 aromatic heterocycles. The van der Waals surface area contributed by atoms with Gasteiger partial charge in [-0.25, -0.2) is 4.98 Å². The lowest BCUT2D eigenvalue weighted by atomic mass is 10.1. The Kier molecular flexibility index (Phi) is 5.31. The van der Waals surface area contributed by atoms with Crippen molar-refractivity contribution in [3.05, 3.63) is 10.6 Å². The summed E-state index contributed by atoms with van der Waals surface area (Å²) in [6.07, 6.45) is 5.39. The van der Waals surface area contributed by atoms with Gasteiger partial charge < -0.3 is 10.2 Å². The van der Waals surface area contributed by atoms with Crippen LogP contribution < -0.4 is 10.2 Å². The molecule has 0 saturated heterocycles. The van der Waals surface area contributed by atoms with Crippen molar-refractivity contribution in [2.24, 2.45) is 0 Å². The molecule has 3 nitrogen and oxygen atoms in total. The normalized spacial score (nSPS) is 16.9. The number of nitrogens with one attached hydrogen (secondary N) is 1. The van der Waals surface area contributed by atoms with Gasteiger partial charge >= 0.3 is 0 Å². The Balaban J connectivity index is 2.15. The Labute approximate surface area is 134 Å². The largest absolute Gasteiger partial charge is 0.348 e. The van der Waals surface area contributed by atoms with Crippen LogP contribution in [-0.4, -0.2) is 23.6 Å². The summed E-state index contributed by atoms with van der Waals surface area (Å²) in [6.45, 7) is 12.1. The standard InChI is InChI=1S/C17H31N3S/c1-12(2)15-14(11-18-17(3,4)5)21-16(19-15)20(6)13-9-7-8-10-13/h12-13,18H,7-11H2,1-6H3. The lowest BCUT2D eigenvalue weighted by Gasteiger charge is -2.23. The first-order valence-corrected chi connectivity index (χ1v) is 9.07. The second-order valence-corrected chi connectivity index (χ2v) is 8.67. The fraction of sp³-hybridized carbons (Fsp3) is 0.824. The molecular formula is C17H31N3S. The van der Waals surface area contributed by atoms with E-state index in [0.717, 1.165) is 6.54 Å². The van der Waals surface area contributed by atoms with Gasteiger partial charge in [0.25, 0.3) is 0 Å². The fourth-order valence-corrected chi connectivity index (χ4v) is 4.06. The van der Waals surface area contributed by atoms with E-state index in [1.165, 1.54) is 41.4 Å². The molecule has 120 valence electrons. The Hall–Kier alpha value is -0.610. The predicted octanol–water partition coefficient (Wildman–Crippen LogP) is 4.53. The number of rotatable bonds is 5. The van der Waals surface area contributed by atoms with Gasteiger partial charge in [0.2, 0.25) is 0 Å². The average molecular weight is 310 g/mol. The quantitative estimate of drug-likeness (QED) is 0.866. The van der Waals surface area contributed by atoms with Crippen molar-refractivity contribution in [3.8, 4) is 0 Å². The van der Waals surface area contributed by atoms with Gasteiger partial charge in [-0.15, -0.1) is 11.3 Å². The van der Waals surface area contributed by atoms with Gasteiger partial charge in [-0.3, -0.25) is 0 Å². The van der Waals surface area contributed by atoms with E-state index in [4.69, 9.17) is 4.98 Å². The number of hydrogen-bond donors (Lipinski definition) is 1. The monoisotopic (exact) mass is 309 g/mol. The molecule has 0 atom stereocenters. The molecule has 0 aliphatic heterocycles. The third kappa shape index (κ3) is 4.43. The molecule has 2 rings (SSSR count). The van der Waals surface area contributed by atoms with E-state index < -0.39 is 0 Å². The van der Waals surface area contributed by atoms with Crippen LogP contribution in [0.5, 0.6) is 0 Å². The Morgan fingerprint density at radius 2 is 1.90 bits per heavy atom. The number of anilines is 1. The Bertz CT molecular complexity index is 453. The highest BCUT2D eigenvalue weighted by Crippen LogP contribution is 2.34. The second kappa shape index (κ2) is 6.66. The fourth-order valence-electron chi connectivity index (χ4n) is 2.87. The van der Waals surface area contributed by atoms with Crippen LogP contribution in [0.25, 0.3) is 0 Å².